The molecular weight excluding hydrogens is 228 g/mol. The standard InChI is InChI=1S/C14H20N2S/c1-11(2)13-9-6-10-16(13)14(17)15-12-7-4-3-5-8-12/h3-5,7-8,11,13H,6,9-10H2,1-2H3,(H,15,17). The lowest BCUT2D eigenvalue weighted by Crippen LogP contribution is -2.41. The van der Waals surface area contributed by atoms with E-state index in [1.165, 1.54) is 12.8 Å². The zero-order valence-electron chi connectivity index (χ0n) is 10.5. The number of thiocarbonyl (C=S) groups is 1. The van der Waals surface area contributed by atoms with Crippen LogP contribution in [0.2, 0.25) is 0 Å². The van der Waals surface area contributed by atoms with Gasteiger partial charge < -0.3 is 10.2 Å². The molecule has 1 fully saturated rings. The first-order valence-electron chi connectivity index (χ1n) is 6.31. The van der Waals surface area contributed by atoms with E-state index in [0.717, 1.165) is 17.3 Å². The molecule has 1 aromatic rings. The minimum atomic E-state index is 0.596. The highest BCUT2D eigenvalue weighted by Crippen LogP contribution is 2.24. The second-order valence-electron chi connectivity index (χ2n) is 4.94. The molecule has 1 N–H and O–H groups in total. The molecule has 1 aromatic carbocycles. The van der Waals surface area contributed by atoms with E-state index in [4.69, 9.17) is 12.2 Å². The third-order valence-electron chi connectivity index (χ3n) is 3.35. The van der Waals surface area contributed by atoms with Gasteiger partial charge in [-0.05, 0) is 43.1 Å². The summed E-state index contributed by atoms with van der Waals surface area (Å²) in [6, 6.07) is 10.8. The molecule has 1 heterocycles. The van der Waals surface area contributed by atoms with Gasteiger partial charge in [-0.25, -0.2) is 0 Å². The summed E-state index contributed by atoms with van der Waals surface area (Å²) < 4.78 is 0. The predicted molar refractivity (Wildman–Crippen MR) is 77.2 cm³/mol. The Kier molecular flexibility index (Phi) is 4.00. The van der Waals surface area contributed by atoms with E-state index >= 15 is 0 Å². The summed E-state index contributed by atoms with van der Waals surface area (Å²) in [5, 5.41) is 4.19. The molecule has 1 aliphatic rings. The Bertz CT molecular complexity index is 375. The quantitative estimate of drug-likeness (QED) is 0.806. The molecule has 0 aromatic heterocycles. The van der Waals surface area contributed by atoms with Crippen LogP contribution in [0.5, 0.6) is 0 Å². The van der Waals surface area contributed by atoms with Crippen molar-refractivity contribution in [1.82, 2.24) is 4.90 Å². The Morgan fingerprint density at radius 1 is 1.35 bits per heavy atom. The Hall–Kier alpha value is -1.09. The molecule has 17 heavy (non-hydrogen) atoms. The van der Waals surface area contributed by atoms with E-state index in [0.29, 0.717) is 12.0 Å². The molecule has 0 spiro atoms. The molecule has 1 atom stereocenters. The average molecular weight is 248 g/mol. The first-order chi connectivity index (χ1) is 8.18. The van der Waals surface area contributed by atoms with Gasteiger partial charge in [0.1, 0.15) is 0 Å². The fourth-order valence-electron chi connectivity index (χ4n) is 2.45. The maximum atomic E-state index is 5.51. The normalized spacial score (nSPS) is 19.7. The minimum absolute atomic E-state index is 0.596. The van der Waals surface area contributed by atoms with Crippen LogP contribution in [0.1, 0.15) is 26.7 Å². The third-order valence-corrected chi connectivity index (χ3v) is 3.69. The Morgan fingerprint density at radius 3 is 2.71 bits per heavy atom. The summed E-state index contributed by atoms with van der Waals surface area (Å²) in [5.74, 6) is 0.660. The summed E-state index contributed by atoms with van der Waals surface area (Å²) in [5.41, 5.74) is 1.08. The monoisotopic (exact) mass is 248 g/mol. The molecule has 1 aliphatic heterocycles. The van der Waals surface area contributed by atoms with Gasteiger partial charge in [0.15, 0.2) is 5.11 Å². The van der Waals surface area contributed by atoms with E-state index in [9.17, 15) is 0 Å². The SMILES string of the molecule is CC(C)C1CCCN1C(=S)Nc1ccccc1. The van der Waals surface area contributed by atoms with Crippen molar-refractivity contribution < 1.29 is 0 Å². The van der Waals surface area contributed by atoms with Gasteiger partial charge in [0.05, 0.1) is 0 Å². The van der Waals surface area contributed by atoms with Crippen molar-refractivity contribution in [1.29, 1.82) is 0 Å². The zero-order valence-corrected chi connectivity index (χ0v) is 11.3. The Morgan fingerprint density at radius 2 is 2.06 bits per heavy atom. The van der Waals surface area contributed by atoms with Crippen molar-refractivity contribution in [3.05, 3.63) is 30.3 Å². The first-order valence-corrected chi connectivity index (χ1v) is 6.72. The number of para-hydroxylation sites is 1. The van der Waals surface area contributed by atoms with Crippen LogP contribution in [-0.4, -0.2) is 22.6 Å². The van der Waals surface area contributed by atoms with Crippen molar-refractivity contribution in [2.75, 3.05) is 11.9 Å². The van der Waals surface area contributed by atoms with Gasteiger partial charge in [0.25, 0.3) is 0 Å². The number of nitrogens with one attached hydrogen (secondary N) is 1. The molecule has 0 radical (unpaired) electrons. The molecule has 1 saturated heterocycles. The second-order valence-corrected chi connectivity index (χ2v) is 5.33. The van der Waals surface area contributed by atoms with E-state index in [1.54, 1.807) is 0 Å². The van der Waals surface area contributed by atoms with E-state index < -0.39 is 0 Å². The number of nitrogens with zero attached hydrogens (tertiary/aromatic N) is 1. The van der Waals surface area contributed by atoms with Crippen molar-refractivity contribution in [3.8, 4) is 0 Å². The van der Waals surface area contributed by atoms with Gasteiger partial charge >= 0.3 is 0 Å². The van der Waals surface area contributed by atoms with Crippen molar-refractivity contribution in [3.63, 3.8) is 0 Å². The second kappa shape index (κ2) is 5.50. The molecule has 2 nitrogen and oxygen atoms in total. The summed E-state index contributed by atoms with van der Waals surface area (Å²) in [7, 11) is 0. The van der Waals surface area contributed by atoms with Crippen LogP contribution in [-0.2, 0) is 0 Å². The van der Waals surface area contributed by atoms with Gasteiger partial charge in [0.2, 0.25) is 0 Å². The van der Waals surface area contributed by atoms with Gasteiger partial charge in [-0.3, -0.25) is 0 Å². The molecule has 0 aliphatic carbocycles. The van der Waals surface area contributed by atoms with Crippen LogP contribution in [0.4, 0.5) is 5.69 Å². The number of hydrogen-bond acceptors (Lipinski definition) is 1. The Balaban J connectivity index is 2.00. The summed E-state index contributed by atoms with van der Waals surface area (Å²) in [6.07, 6.45) is 2.51. The topological polar surface area (TPSA) is 15.3 Å². The molecule has 0 saturated carbocycles. The first kappa shape index (κ1) is 12.4. The smallest absolute Gasteiger partial charge is 0.173 e. The lowest BCUT2D eigenvalue weighted by molar-refractivity contribution is 0.313. The molecular formula is C14H20N2S. The highest BCUT2D eigenvalue weighted by atomic mass is 32.1. The third kappa shape index (κ3) is 2.97. The van der Waals surface area contributed by atoms with Crippen LogP contribution < -0.4 is 5.32 Å². The highest BCUT2D eigenvalue weighted by Gasteiger charge is 2.28. The summed E-state index contributed by atoms with van der Waals surface area (Å²) in [6.45, 7) is 5.63. The van der Waals surface area contributed by atoms with Crippen LogP contribution in [0.3, 0.4) is 0 Å². The fraction of sp³-hybridized carbons (Fsp3) is 0.500. The van der Waals surface area contributed by atoms with E-state index in [1.807, 2.05) is 30.3 Å². The summed E-state index contributed by atoms with van der Waals surface area (Å²) >= 11 is 5.51. The number of rotatable bonds is 2. The van der Waals surface area contributed by atoms with Crippen molar-refractivity contribution in [2.24, 2.45) is 5.92 Å². The van der Waals surface area contributed by atoms with Crippen LogP contribution in [0.15, 0.2) is 30.3 Å². The van der Waals surface area contributed by atoms with Gasteiger partial charge in [-0.15, -0.1) is 0 Å². The van der Waals surface area contributed by atoms with Crippen LogP contribution in [0, 0.1) is 5.92 Å². The van der Waals surface area contributed by atoms with Gasteiger partial charge in [-0.1, -0.05) is 32.0 Å². The maximum Gasteiger partial charge on any atom is 0.173 e. The van der Waals surface area contributed by atoms with Crippen LogP contribution >= 0.6 is 12.2 Å². The number of anilines is 1. The number of likely N-dealkylation sites (tertiary alicyclic amines) is 1. The molecule has 3 heteroatoms. The van der Waals surface area contributed by atoms with Gasteiger partial charge in [-0.2, -0.15) is 0 Å². The average Bonchev–Trinajstić information content (AvgIpc) is 2.79. The minimum Gasteiger partial charge on any atom is -0.346 e. The largest absolute Gasteiger partial charge is 0.346 e. The maximum absolute atomic E-state index is 5.51. The molecule has 1 unspecified atom stereocenters. The van der Waals surface area contributed by atoms with Crippen molar-refractivity contribution >= 4 is 23.0 Å². The van der Waals surface area contributed by atoms with Crippen molar-refractivity contribution in [2.45, 2.75) is 32.7 Å². The Labute approximate surface area is 109 Å². The molecule has 0 amide bonds. The molecule has 92 valence electrons. The number of benzene rings is 1. The molecule has 0 bridgehead atoms. The van der Waals surface area contributed by atoms with E-state index in [2.05, 4.69) is 24.1 Å². The molecule has 2 rings (SSSR count). The van der Waals surface area contributed by atoms with Crippen LogP contribution in [0.25, 0.3) is 0 Å². The van der Waals surface area contributed by atoms with E-state index in [-0.39, 0.29) is 0 Å². The highest BCUT2D eigenvalue weighted by molar-refractivity contribution is 7.80. The lowest BCUT2D eigenvalue weighted by atomic mass is 10.0. The zero-order chi connectivity index (χ0) is 12.3. The summed E-state index contributed by atoms with van der Waals surface area (Å²) in [4.78, 5) is 2.34. The lowest BCUT2D eigenvalue weighted by Gasteiger charge is -2.30. The number of hydrogen-bond donors (Lipinski definition) is 1. The predicted octanol–water partition coefficient (Wildman–Crippen LogP) is 3.50. The van der Waals surface area contributed by atoms with Gasteiger partial charge in [0, 0.05) is 18.3 Å². The fourth-order valence-corrected chi connectivity index (χ4v) is 2.80.